The second-order valence-corrected chi connectivity index (χ2v) is 9.30. The highest BCUT2D eigenvalue weighted by Gasteiger charge is 2.25. The monoisotopic (exact) mass is 475 g/mol. The predicted octanol–water partition coefficient (Wildman–Crippen LogP) is 2.24. The topological polar surface area (TPSA) is 120 Å². The molecule has 9 nitrogen and oxygen atoms in total. The third-order valence-corrected chi connectivity index (χ3v) is 6.73. The number of likely N-dealkylation sites (tertiary alicyclic amines) is 1. The van der Waals surface area contributed by atoms with Gasteiger partial charge in [0.25, 0.3) is 5.56 Å². The van der Waals surface area contributed by atoms with Gasteiger partial charge in [0.2, 0.25) is 0 Å². The highest BCUT2D eigenvalue weighted by atomic mass is 32.1. The molecule has 0 amide bonds. The Balaban J connectivity index is 1.26. The molecule has 0 spiro atoms. The summed E-state index contributed by atoms with van der Waals surface area (Å²) < 4.78 is 1.89. The summed E-state index contributed by atoms with van der Waals surface area (Å²) >= 11 is 1.60. The van der Waals surface area contributed by atoms with E-state index in [1.807, 2.05) is 46.8 Å². The lowest BCUT2D eigenvalue weighted by atomic mass is 9.97. The minimum atomic E-state index is -0.0968. The number of hydrogen-bond acceptors (Lipinski definition) is 7. The van der Waals surface area contributed by atoms with E-state index >= 15 is 0 Å². The first kappa shape index (κ1) is 22.3. The number of nitrogens with zero attached hydrogens (tertiary/aromatic N) is 5. The molecule has 0 bridgehead atoms. The normalized spacial score (nSPS) is 16.9. The number of thiophene rings is 1. The first-order valence-electron chi connectivity index (χ1n) is 11.3. The van der Waals surface area contributed by atoms with E-state index < -0.39 is 0 Å². The lowest BCUT2D eigenvalue weighted by molar-refractivity contribution is -0.602. The largest absolute Gasteiger partial charge is 0.388 e. The van der Waals surface area contributed by atoms with Gasteiger partial charge < -0.3 is 10.7 Å². The third kappa shape index (κ3) is 5.19. The number of H-pyrrole nitrogens is 2. The molecular weight excluding hydrogens is 448 g/mol. The molecule has 4 aromatic heterocycles. The molecule has 5 rings (SSSR count). The molecule has 34 heavy (non-hydrogen) atoms. The van der Waals surface area contributed by atoms with Crippen LogP contribution >= 0.6 is 11.3 Å². The summed E-state index contributed by atoms with van der Waals surface area (Å²) in [6, 6.07) is 5.56. The second-order valence-electron chi connectivity index (χ2n) is 8.36. The molecule has 1 saturated heterocycles. The van der Waals surface area contributed by atoms with E-state index in [9.17, 15) is 4.79 Å². The van der Waals surface area contributed by atoms with E-state index in [1.54, 1.807) is 29.8 Å². The van der Waals surface area contributed by atoms with Crippen LogP contribution in [0, 0.1) is 0 Å². The van der Waals surface area contributed by atoms with Gasteiger partial charge in [0.05, 0.1) is 35.7 Å². The van der Waals surface area contributed by atoms with E-state index in [0.29, 0.717) is 12.5 Å². The highest BCUT2D eigenvalue weighted by molar-refractivity contribution is 7.13. The number of aromatic nitrogens is 6. The Morgan fingerprint density at radius 1 is 1.32 bits per heavy atom. The first-order chi connectivity index (χ1) is 16.7. The van der Waals surface area contributed by atoms with E-state index in [2.05, 4.69) is 24.8 Å². The maximum Gasteiger partial charge on any atom is 0.388 e. The maximum atomic E-state index is 12.3. The van der Waals surface area contributed by atoms with Gasteiger partial charge in [0, 0.05) is 30.6 Å². The van der Waals surface area contributed by atoms with E-state index in [4.69, 9.17) is 10.7 Å². The van der Waals surface area contributed by atoms with Crippen LogP contribution in [0.4, 0.5) is 0 Å². The summed E-state index contributed by atoms with van der Waals surface area (Å²) in [6.07, 6.45) is 13.3. The predicted molar refractivity (Wildman–Crippen MR) is 131 cm³/mol. The standard InChI is InChI=1S/C24H26N8OS/c25-7-1-4-17-11-26-24(27-12-17)32-15-19(28-16-32)14-31-8-2-5-18(13-31)23-29-20(10-22(33)30-23)21-6-3-9-34-21/h1,3-4,6,9-12,15-16,18H,2,5,7-8,13-14,25H2,(H,29,30,33)/p+1/b4-1+. The average Bonchev–Trinajstić information content (AvgIpc) is 3.56. The summed E-state index contributed by atoms with van der Waals surface area (Å²) in [7, 11) is 0. The van der Waals surface area contributed by atoms with Gasteiger partial charge in [0.1, 0.15) is 11.5 Å². The number of imidazole rings is 1. The molecule has 1 unspecified atom stereocenters. The van der Waals surface area contributed by atoms with Crippen molar-refractivity contribution in [2.45, 2.75) is 25.3 Å². The molecule has 0 saturated carbocycles. The number of piperidine rings is 1. The van der Waals surface area contributed by atoms with Crippen molar-refractivity contribution in [3.05, 3.63) is 82.0 Å². The van der Waals surface area contributed by atoms with Crippen molar-refractivity contribution in [3.63, 3.8) is 0 Å². The van der Waals surface area contributed by atoms with Crippen molar-refractivity contribution < 1.29 is 4.57 Å². The number of rotatable bonds is 7. The SMILES string of the molecule is NC/C=C/c1cnc(-[n+]2c[nH]c(CN3CCCC(c4nc(-c5cccs5)cc(=O)[nH]4)C3)c2)nc1. The van der Waals surface area contributed by atoms with Crippen molar-refractivity contribution in [1.82, 2.24) is 29.8 Å². The molecule has 10 heteroatoms. The first-order valence-corrected chi connectivity index (χ1v) is 12.2. The summed E-state index contributed by atoms with van der Waals surface area (Å²) in [5.74, 6) is 1.58. The van der Waals surface area contributed by atoms with Gasteiger partial charge in [-0.15, -0.1) is 21.3 Å². The number of nitrogens with one attached hydrogen (secondary N) is 2. The van der Waals surface area contributed by atoms with Gasteiger partial charge >= 0.3 is 5.95 Å². The average molecular weight is 476 g/mol. The Morgan fingerprint density at radius 3 is 3.00 bits per heavy atom. The summed E-state index contributed by atoms with van der Waals surface area (Å²) in [5.41, 5.74) is 8.14. The van der Waals surface area contributed by atoms with Crippen LogP contribution in [0.5, 0.6) is 0 Å². The fraction of sp³-hybridized carbons (Fsp3) is 0.292. The minimum absolute atomic E-state index is 0.0968. The van der Waals surface area contributed by atoms with Gasteiger partial charge in [-0.05, 0) is 30.8 Å². The van der Waals surface area contributed by atoms with Crippen LogP contribution in [0.1, 0.15) is 35.8 Å². The lowest BCUT2D eigenvalue weighted by Gasteiger charge is -2.31. The van der Waals surface area contributed by atoms with Gasteiger partial charge in [0.15, 0.2) is 6.33 Å². The zero-order valence-electron chi connectivity index (χ0n) is 18.7. The Labute approximate surface area is 201 Å². The number of hydrogen-bond donors (Lipinski definition) is 3. The molecule has 1 aliphatic heterocycles. The molecular formula is C24H27N8OS+. The zero-order valence-corrected chi connectivity index (χ0v) is 19.5. The minimum Gasteiger partial charge on any atom is -0.327 e. The van der Waals surface area contributed by atoms with Crippen molar-refractivity contribution in [2.24, 2.45) is 5.73 Å². The zero-order chi connectivity index (χ0) is 23.3. The summed E-state index contributed by atoms with van der Waals surface area (Å²) in [4.78, 5) is 35.7. The molecule has 174 valence electrons. The van der Waals surface area contributed by atoms with Crippen LogP contribution in [0.25, 0.3) is 22.6 Å². The van der Waals surface area contributed by atoms with Crippen LogP contribution in [-0.4, -0.2) is 49.5 Å². The number of aromatic amines is 2. The summed E-state index contributed by atoms with van der Waals surface area (Å²) in [5, 5.41) is 2.00. The molecule has 0 aromatic carbocycles. The highest BCUT2D eigenvalue weighted by Crippen LogP contribution is 2.27. The van der Waals surface area contributed by atoms with Crippen molar-refractivity contribution in [1.29, 1.82) is 0 Å². The Hall–Kier alpha value is -3.47. The van der Waals surface area contributed by atoms with Gasteiger partial charge in [-0.3, -0.25) is 14.7 Å². The Bertz CT molecular complexity index is 1310. The molecule has 1 aliphatic rings. The fourth-order valence-corrected chi connectivity index (χ4v) is 4.92. The Morgan fingerprint density at radius 2 is 2.21 bits per heavy atom. The molecule has 4 aromatic rings. The van der Waals surface area contributed by atoms with E-state index in [-0.39, 0.29) is 11.5 Å². The van der Waals surface area contributed by atoms with Crippen LogP contribution in [0.15, 0.2) is 59.4 Å². The van der Waals surface area contributed by atoms with Crippen molar-refractivity contribution >= 4 is 17.4 Å². The van der Waals surface area contributed by atoms with Crippen LogP contribution in [-0.2, 0) is 6.54 Å². The molecule has 0 aliphatic carbocycles. The van der Waals surface area contributed by atoms with Gasteiger partial charge in [-0.1, -0.05) is 18.2 Å². The van der Waals surface area contributed by atoms with E-state index in [0.717, 1.165) is 60.1 Å². The van der Waals surface area contributed by atoms with Crippen LogP contribution in [0.2, 0.25) is 0 Å². The van der Waals surface area contributed by atoms with Crippen molar-refractivity contribution in [2.75, 3.05) is 19.6 Å². The van der Waals surface area contributed by atoms with Crippen molar-refractivity contribution in [3.8, 4) is 16.5 Å². The molecule has 0 radical (unpaired) electrons. The number of nitrogens with two attached hydrogens (primary N) is 1. The quantitative estimate of drug-likeness (QED) is 0.353. The molecule has 5 heterocycles. The molecule has 1 atom stereocenters. The lowest BCUT2D eigenvalue weighted by Crippen LogP contribution is -2.35. The van der Waals surface area contributed by atoms with Crippen LogP contribution in [0.3, 0.4) is 0 Å². The van der Waals surface area contributed by atoms with Crippen LogP contribution < -0.4 is 15.9 Å². The fourth-order valence-electron chi connectivity index (χ4n) is 4.24. The van der Waals surface area contributed by atoms with Gasteiger partial charge in [-0.25, -0.2) is 4.98 Å². The van der Waals surface area contributed by atoms with Gasteiger partial charge in [-0.2, -0.15) is 4.57 Å². The molecule has 1 fully saturated rings. The Kier molecular flexibility index (Phi) is 6.70. The second kappa shape index (κ2) is 10.2. The smallest absolute Gasteiger partial charge is 0.327 e. The third-order valence-electron chi connectivity index (χ3n) is 5.84. The van der Waals surface area contributed by atoms with E-state index in [1.165, 1.54) is 0 Å². The summed E-state index contributed by atoms with van der Waals surface area (Å²) in [6.45, 7) is 3.11. The maximum absolute atomic E-state index is 12.3. The molecule has 4 N–H and O–H groups in total.